The molecule has 0 aromatic heterocycles. The van der Waals surface area contributed by atoms with Crippen LogP contribution in [0, 0.1) is 11.7 Å². The van der Waals surface area contributed by atoms with Crippen molar-refractivity contribution in [2.75, 3.05) is 6.54 Å². The van der Waals surface area contributed by atoms with Gasteiger partial charge in [0.1, 0.15) is 5.82 Å². The van der Waals surface area contributed by atoms with Crippen LogP contribution < -0.4 is 11.1 Å². The lowest BCUT2D eigenvalue weighted by molar-refractivity contribution is -0.192. The van der Waals surface area contributed by atoms with Gasteiger partial charge in [-0.05, 0) is 43.0 Å². The molecule has 1 fully saturated rings. The number of benzene rings is 1. The molecule has 1 saturated heterocycles. The monoisotopic (exact) mass is 370 g/mol. The van der Waals surface area contributed by atoms with Crippen LogP contribution in [0.3, 0.4) is 0 Å². The lowest BCUT2D eigenvalue weighted by atomic mass is 9.96. The normalized spacial score (nSPS) is 20.2. The highest BCUT2D eigenvalue weighted by molar-refractivity contribution is 6.30. The van der Waals surface area contributed by atoms with E-state index in [1.807, 2.05) is 0 Å². The number of nitrogens with two attached hydrogens (primary N) is 1. The maximum atomic E-state index is 13.0. The molecule has 4 N–H and O–H groups in total. The van der Waals surface area contributed by atoms with Gasteiger partial charge in [-0.3, -0.25) is 4.79 Å². The Morgan fingerprint density at radius 3 is 2.38 bits per heavy atom. The van der Waals surface area contributed by atoms with Crippen molar-refractivity contribution in [3.63, 3.8) is 0 Å². The van der Waals surface area contributed by atoms with Crippen molar-refractivity contribution in [2.45, 2.75) is 25.1 Å². The number of carboxylic acids is 1. The van der Waals surface area contributed by atoms with E-state index in [0.717, 1.165) is 24.9 Å². The predicted octanol–water partition coefficient (Wildman–Crippen LogP) is 2.12. The third-order valence-corrected chi connectivity index (χ3v) is 3.61. The summed E-state index contributed by atoms with van der Waals surface area (Å²) in [5.41, 5.74) is 6.21. The molecular formula is C14H15ClF4N2O3. The molecule has 1 aromatic rings. The molecule has 10 heteroatoms. The van der Waals surface area contributed by atoms with Gasteiger partial charge >= 0.3 is 12.1 Å². The minimum absolute atomic E-state index is 0.139. The number of amides is 1. The second-order valence-corrected chi connectivity index (χ2v) is 5.63. The predicted molar refractivity (Wildman–Crippen MR) is 77.9 cm³/mol. The summed E-state index contributed by atoms with van der Waals surface area (Å²) >= 11 is 5.71. The van der Waals surface area contributed by atoms with Crippen molar-refractivity contribution in [1.82, 2.24) is 5.32 Å². The average molecular weight is 371 g/mol. The van der Waals surface area contributed by atoms with E-state index in [0.29, 0.717) is 5.92 Å². The fourth-order valence-corrected chi connectivity index (χ4v) is 2.38. The van der Waals surface area contributed by atoms with Gasteiger partial charge in [0.05, 0.1) is 11.1 Å². The smallest absolute Gasteiger partial charge is 0.475 e. The maximum Gasteiger partial charge on any atom is 0.490 e. The highest BCUT2D eigenvalue weighted by atomic mass is 35.5. The van der Waals surface area contributed by atoms with Crippen LogP contribution in [0.5, 0.6) is 0 Å². The van der Waals surface area contributed by atoms with Crippen molar-refractivity contribution < 1.29 is 32.3 Å². The Morgan fingerprint density at radius 2 is 1.96 bits per heavy atom. The maximum absolute atomic E-state index is 13.0. The fraction of sp³-hybridized carbons (Fsp3) is 0.429. The molecule has 2 rings (SSSR count). The first kappa shape index (κ1) is 20.2. The number of carbonyl (C=O) groups is 2. The molecule has 0 bridgehead atoms. The Balaban J connectivity index is 0.000000351. The van der Waals surface area contributed by atoms with Crippen LogP contribution in [0.2, 0.25) is 5.02 Å². The van der Waals surface area contributed by atoms with Gasteiger partial charge in [0.15, 0.2) is 0 Å². The van der Waals surface area contributed by atoms with E-state index in [4.69, 9.17) is 27.2 Å². The summed E-state index contributed by atoms with van der Waals surface area (Å²) in [6.45, 7) is 0.753. The van der Waals surface area contributed by atoms with E-state index in [1.54, 1.807) is 12.1 Å². The van der Waals surface area contributed by atoms with Gasteiger partial charge in [0.2, 0.25) is 5.91 Å². The summed E-state index contributed by atoms with van der Waals surface area (Å²) in [6, 6.07) is 4.48. The molecule has 134 valence electrons. The van der Waals surface area contributed by atoms with E-state index in [-0.39, 0.29) is 17.0 Å². The number of alkyl halides is 3. The number of nitrogens with one attached hydrogen (secondary N) is 1. The second kappa shape index (κ2) is 8.29. The van der Waals surface area contributed by atoms with E-state index >= 15 is 0 Å². The Labute approximate surface area is 139 Å². The number of primary amides is 1. The first-order valence-electron chi connectivity index (χ1n) is 6.77. The molecule has 1 heterocycles. The quantitative estimate of drug-likeness (QED) is 0.711. The van der Waals surface area contributed by atoms with Gasteiger partial charge in [0.25, 0.3) is 0 Å². The summed E-state index contributed by atoms with van der Waals surface area (Å²) in [5, 5.41) is 10.3. The summed E-state index contributed by atoms with van der Waals surface area (Å²) in [7, 11) is 0. The summed E-state index contributed by atoms with van der Waals surface area (Å²) in [4.78, 5) is 19.9. The Bertz CT molecular complexity index is 610. The molecule has 24 heavy (non-hydrogen) atoms. The largest absolute Gasteiger partial charge is 0.490 e. The van der Waals surface area contributed by atoms with E-state index in [2.05, 4.69) is 5.32 Å². The first-order valence-corrected chi connectivity index (χ1v) is 7.15. The minimum Gasteiger partial charge on any atom is -0.475 e. The van der Waals surface area contributed by atoms with Crippen molar-refractivity contribution in [3.8, 4) is 0 Å². The topological polar surface area (TPSA) is 92.4 Å². The minimum atomic E-state index is -5.08. The molecular weight excluding hydrogens is 356 g/mol. The number of hydrogen-bond acceptors (Lipinski definition) is 3. The molecule has 5 nitrogen and oxygen atoms in total. The van der Waals surface area contributed by atoms with Crippen LogP contribution in [0.1, 0.15) is 12.0 Å². The van der Waals surface area contributed by atoms with Gasteiger partial charge in [0, 0.05) is 0 Å². The Kier molecular flexibility index (Phi) is 6.97. The van der Waals surface area contributed by atoms with Crippen LogP contribution in [-0.2, 0) is 16.0 Å². The number of hydrogen-bond donors (Lipinski definition) is 3. The van der Waals surface area contributed by atoms with E-state index in [1.165, 1.54) is 6.07 Å². The van der Waals surface area contributed by atoms with Crippen LogP contribution in [0.4, 0.5) is 17.6 Å². The molecule has 1 aromatic carbocycles. The van der Waals surface area contributed by atoms with Crippen molar-refractivity contribution in [1.29, 1.82) is 0 Å². The van der Waals surface area contributed by atoms with Crippen LogP contribution in [-0.4, -0.2) is 35.7 Å². The molecule has 0 spiro atoms. The molecule has 1 aliphatic rings. The number of rotatable bonds is 3. The second-order valence-electron chi connectivity index (χ2n) is 5.22. The van der Waals surface area contributed by atoms with E-state index in [9.17, 15) is 22.4 Å². The number of halogens is 5. The molecule has 0 saturated carbocycles. The third kappa shape index (κ3) is 6.32. The zero-order valence-electron chi connectivity index (χ0n) is 12.2. The molecule has 2 atom stereocenters. The van der Waals surface area contributed by atoms with Crippen molar-refractivity contribution >= 4 is 23.5 Å². The van der Waals surface area contributed by atoms with Gasteiger partial charge < -0.3 is 16.2 Å². The highest BCUT2D eigenvalue weighted by Crippen LogP contribution is 2.22. The molecule has 0 aliphatic carbocycles. The zero-order valence-corrected chi connectivity index (χ0v) is 13.0. The van der Waals surface area contributed by atoms with Crippen LogP contribution in [0.25, 0.3) is 0 Å². The fourth-order valence-electron chi connectivity index (χ4n) is 2.18. The highest BCUT2D eigenvalue weighted by Gasteiger charge is 2.38. The zero-order chi connectivity index (χ0) is 18.5. The number of carbonyl (C=O) groups excluding carboxylic acids is 1. The molecule has 2 unspecified atom stereocenters. The van der Waals surface area contributed by atoms with Gasteiger partial charge in [-0.25, -0.2) is 9.18 Å². The van der Waals surface area contributed by atoms with Gasteiger partial charge in [-0.15, -0.1) is 0 Å². The van der Waals surface area contributed by atoms with Gasteiger partial charge in [-0.2, -0.15) is 13.2 Å². The number of carboxylic acid groups (broad SMARTS) is 1. The van der Waals surface area contributed by atoms with Crippen molar-refractivity contribution in [3.05, 3.63) is 34.6 Å². The Morgan fingerprint density at radius 1 is 1.38 bits per heavy atom. The molecule has 0 radical (unpaired) electrons. The Hall–Kier alpha value is -1.87. The van der Waals surface area contributed by atoms with Gasteiger partial charge in [-0.1, -0.05) is 17.7 Å². The first-order chi connectivity index (χ1) is 11.0. The lowest BCUT2D eigenvalue weighted by Gasteiger charge is -2.09. The summed E-state index contributed by atoms with van der Waals surface area (Å²) < 4.78 is 44.7. The van der Waals surface area contributed by atoms with E-state index < -0.39 is 18.0 Å². The summed E-state index contributed by atoms with van der Waals surface area (Å²) in [6.07, 6.45) is -3.58. The molecule has 1 aliphatic heterocycles. The summed E-state index contributed by atoms with van der Waals surface area (Å²) in [5.74, 6) is -3.14. The molecule has 1 amide bonds. The van der Waals surface area contributed by atoms with Crippen LogP contribution in [0.15, 0.2) is 18.2 Å². The van der Waals surface area contributed by atoms with Crippen molar-refractivity contribution in [2.24, 2.45) is 11.7 Å². The lowest BCUT2D eigenvalue weighted by Crippen LogP contribution is -2.36. The third-order valence-electron chi connectivity index (χ3n) is 3.32. The van der Waals surface area contributed by atoms with Crippen LogP contribution >= 0.6 is 11.6 Å². The SMILES string of the molecule is NC(=O)C1CC(Cc2ccc(F)c(Cl)c2)CN1.O=C(O)C(F)(F)F. The standard InChI is InChI=1S/C12H14ClFN2O.C2HF3O2/c13-9-4-7(1-2-10(9)14)3-8-5-11(12(15)17)16-6-8;3-2(4,5)1(6)7/h1-2,4,8,11,16H,3,5-6H2,(H2,15,17);(H,6,7). The number of aliphatic carboxylic acids is 1. The average Bonchev–Trinajstić information content (AvgIpc) is 2.91.